The zero-order valence-corrected chi connectivity index (χ0v) is 14.3. The van der Waals surface area contributed by atoms with Gasteiger partial charge in [-0.1, -0.05) is 19.1 Å². The van der Waals surface area contributed by atoms with Crippen LogP contribution in [0.5, 0.6) is 5.75 Å². The predicted molar refractivity (Wildman–Crippen MR) is 91.8 cm³/mol. The van der Waals surface area contributed by atoms with Crippen LogP contribution in [0.4, 0.5) is 4.79 Å². The number of benzene rings is 1. The van der Waals surface area contributed by atoms with Crippen molar-refractivity contribution in [1.29, 1.82) is 0 Å². The Kier molecular flexibility index (Phi) is 5.86. The van der Waals surface area contributed by atoms with E-state index in [1.165, 1.54) is 0 Å². The number of hydrazine groups is 1. The maximum atomic E-state index is 10.9. The van der Waals surface area contributed by atoms with Crippen LogP contribution < -0.4 is 20.8 Å². The minimum Gasteiger partial charge on any atom is -0.494 e. The maximum absolute atomic E-state index is 10.9. The minimum atomic E-state index is -1.10. The summed E-state index contributed by atoms with van der Waals surface area (Å²) >= 11 is 0. The Labute approximate surface area is 141 Å². The van der Waals surface area contributed by atoms with E-state index in [1.54, 1.807) is 12.1 Å². The molecular formula is C16H25N5O3. The Morgan fingerprint density at radius 2 is 2.29 bits per heavy atom. The van der Waals surface area contributed by atoms with Gasteiger partial charge in [0.15, 0.2) is 5.79 Å². The van der Waals surface area contributed by atoms with Crippen molar-refractivity contribution in [3.63, 3.8) is 0 Å². The quantitative estimate of drug-likeness (QED) is 0.564. The molecule has 0 spiro atoms. The van der Waals surface area contributed by atoms with E-state index >= 15 is 0 Å². The molecule has 0 aliphatic carbocycles. The number of carbonyl (C=O) groups is 1. The number of amides is 1. The molecule has 1 unspecified atom stereocenters. The number of hydrogen-bond donors (Lipinski definition) is 4. The van der Waals surface area contributed by atoms with Gasteiger partial charge in [0.05, 0.1) is 6.61 Å². The number of aryl methyl sites for hydroxylation is 1. The second-order valence-corrected chi connectivity index (χ2v) is 5.71. The van der Waals surface area contributed by atoms with E-state index in [0.29, 0.717) is 25.5 Å². The highest BCUT2D eigenvalue weighted by atomic mass is 16.5. The molecule has 1 heterocycles. The first-order chi connectivity index (χ1) is 11.4. The zero-order chi connectivity index (χ0) is 17.6. The molecule has 1 aliphatic heterocycles. The van der Waals surface area contributed by atoms with E-state index in [9.17, 15) is 4.79 Å². The Hall–Kier alpha value is -2.48. The lowest BCUT2D eigenvalue weighted by atomic mass is 10.2. The van der Waals surface area contributed by atoms with E-state index in [4.69, 9.17) is 9.84 Å². The zero-order valence-electron chi connectivity index (χ0n) is 14.3. The van der Waals surface area contributed by atoms with Crippen molar-refractivity contribution in [3.8, 4) is 5.75 Å². The molecule has 8 heteroatoms. The van der Waals surface area contributed by atoms with Gasteiger partial charge < -0.3 is 15.2 Å². The number of aliphatic imine (C=N–C) groups is 1. The van der Waals surface area contributed by atoms with E-state index in [2.05, 4.69) is 21.1 Å². The summed E-state index contributed by atoms with van der Waals surface area (Å²) < 4.78 is 5.68. The van der Waals surface area contributed by atoms with Crippen LogP contribution in [0.15, 0.2) is 29.3 Å². The second kappa shape index (κ2) is 7.87. The summed E-state index contributed by atoms with van der Waals surface area (Å²) in [5, 5.41) is 16.2. The molecule has 8 nitrogen and oxygen atoms in total. The highest BCUT2D eigenvalue weighted by Gasteiger charge is 2.39. The third kappa shape index (κ3) is 4.76. The summed E-state index contributed by atoms with van der Waals surface area (Å²) in [7, 11) is 1.79. The molecule has 132 valence electrons. The van der Waals surface area contributed by atoms with Crippen molar-refractivity contribution in [3.05, 3.63) is 29.8 Å². The van der Waals surface area contributed by atoms with Crippen molar-refractivity contribution in [1.82, 2.24) is 21.1 Å². The van der Waals surface area contributed by atoms with Crippen molar-refractivity contribution in [2.24, 2.45) is 4.99 Å². The Balaban J connectivity index is 1.80. The minimum absolute atomic E-state index is 0.527. The molecule has 4 N–H and O–H groups in total. The molecule has 0 saturated carbocycles. The lowest BCUT2D eigenvalue weighted by Crippen LogP contribution is -2.62. The number of hydrogen-bond acceptors (Lipinski definition) is 4. The second-order valence-electron chi connectivity index (χ2n) is 5.71. The number of nitrogens with zero attached hydrogens (tertiary/aromatic N) is 2. The molecule has 1 atom stereocenters. The van der Waals surface area contributed by atoms with Crippen molar-refractivity contribution in [2.75, 3.05) is 20.2 Å². The lowest BCUT2D eigenvalue weighted by molar-refractivity contribution is 0.147. The highest BCUT2D eigenvalue weighted by molar-refractivity contribution is 5.82. The average molecular weight is 335 g/mol. The maximum Gasteiger partial charge on any atom is 0.407 e. The van der Waals surface area contributed by atoms with Gasteiger partial charge in [0.25, 0.3) is 0 Å². The summed E-state index contributed by atoms with van der Waals surface area (Å²) in [6.45, 7) is 5.05. The number of guanidine groups is 1. The molecule has 1 saturated heterocycles. The highest BCUT2D eigenvalue weighted by Crippen LogP contribution is 2.13. The third-order valence-electron chi connectivity index (χ3n) is 3.67. The smallest absolute Gasteiger partial charge is 0.407 e. The molecular weight excluding hydrogens is 310 g/mol. The van der Waals surface area contributed by atoms with E-state index in [-0.39, 0.29) is 0 Å². The third-order valence-corrected chi connectivity index (χ3v) is 3.67. The molecule has 0 radical (unpaired) electrons. The van der Waals surface area contributed by atoms with Gasteiger partial charge in [0.2, 0.25) is 5.96 Å². The first-order valence-electron chi connectivity index (χ1n) is 7.99. The van der Waals surface area contributed by atoms with E-state index < -0.39 is 11.9 Å². The first-order valence-corrected chi connectivity index (χ1v) is 7.99. The van der Waals surface area contributed by atoms with E-state index in [0.717, 1.165) is 17.7 Å². The van der Waals surface area contributed by atoms with Gasteiger partial charge >= 0.3 is 6.09 Å². The summed E-state index contributed by atoms with van der Waals surface area (Å²) in [5.74, 6) is 0.537. The van der Waals surface area contributed by atoms with Crippen LogP contribution in [0.25, 0.3) is 0 Å². The summed E-state index contributed by atoms with van der Waals surface area (Å²) in [4.78, 5) is 15.4. The fourth-order valence-corrected chi connectivity index (χ4v) is 2.43. The number of nitrogens with one attached hydrogen (secondary N) is 3. The van der Waals surface area contributed by atoms with Gasteiger partial charge in [-0.25, -0.2) is 4.79 Å². The van der Waals surface area contributed by atoms with Crippen LogP contribution in [0.3, 0.4) is 0 Å². The lowest BCUT2D eigenvalue weighted by Gasteiger charge is -2.27. The normalized spacial score (nSPS) is 21.6. The van der Waals surface area contributed by atoms with Crippen molar-refractivity contribution >= 4 is 12.1 Å². The topological polar surface area (TPSA) is 98.2 Å². The monoisotopic (exact) mass is 335 g/mol. The summed E-state index contributed by atoms with van der Waals surface area (Å²) in [6, 6.07) is 7.92. The number of rotatable bonds is 7. The van der Waals surface area contributed by atoms with Gasteiger partial charge in [-0.3, -0.25) is 15.3 Å². The summed E-state index contributed by atoms with van der Waals surface area (Å²) in [5.41, 5.74) is 4.20. The van der Waals surface area contributed by atoms with Gasteiger partial charge in [0, 0.05) is 26.4 Å². The van der Waals surface area contributed by atoms with Crippen LogP contribution >= 0.6 is 0 Å². The van der Waals surface area contributed by atoms with Crippen molar-refractivity contribution < 1.29 is 14.6 Å². The van der Waals surface area contributed by atoms with Crippen LogP contribution in [0.1, 0.15) is 25.3 Å². The molecule has 0 aromatic heterocycles. The molecule has 24 heavy (non-hydrogen) atoms. The van der Waals surface area contributed by atoms with Crippen LogP contribution in [-0.4, -0.2) is 48.2 Å². The molecule has 1 aromatic carbocycles. The Morgan fingerprint density at radius 3 is 2.96 bits per heavy atom. The Morgan fingerprint density at radius 1 is 1.50 bits per heavy atom. The van der Waals surface area contributed by atoms with Gasteiger partial charge in [-0.15, -0.1) is 0 Å². The molecule has 1 aromatic rings. The molecule has 1 fully saturated rings. The van der Waals surface area contributed by atoms with E-state index in [1.807, 2.05) is 38.1 Å². The molecule has 0 bridgehead atoms. The fraction of sp³-hybridized carbons (Fsp3) is 0.500. The average Bonchev–Trinajstić information content (AvgIpc) is 2.83. The predicted octanol–water partition coefficient (Wildman–Crippen LogP) is 1.49. The van der Waals surface area contributed by atoms with Gasteiger partial charge in [0.1, 0.15) is 5.75 Å². The number of ether oxygens (including phenoxy) is 1. The number of carboxylic acid groups (broad SMARTS) is 1. The van der Waals surface area contributed by atoms with Gasteiger partial charge in [-0.2, -0.15) is 5.43 Å². The van der Waals surface area contributed by atoms with Crippen molar-refractivity contribution in [2.45, 2.75) is 32.5 Å². The standard InChI is InChI=1S/C16H25N5O3/c1-4-16(19-15(22)23)18-14(21(3)20-16)17-9-6-10-24-13-8-5-7-12(2)11-13/h5,7-8,11,19-20H,4,6,9-10H2,1-3H3,(H,17,18)(H,22,23). The largest absolute Gasteiger partial charge is 0.494 e. The molecule has 2 rings (SSSR count). The summed E-state index contributed by atoms with van der Waals surface area (Å²) in [6.07, 6.45) is 0.190. The van der Waals surface area contributed by atoms with Crippen LogP contribution in [0, 0.1) is 6.92 Å². The van der Waals surface area contributed by atoms with Gasteiger partial charge in [-0.05, 0) is 24.6 Å². The molecule has 1 amide bonds. The van der Waals surface area contributed by atoms with Crippen LogP contribution in [-0.2, 0) is 0 Å². The molecule has 1 aliphatic rings. The SMILES string of the molecule is CCC1(NC(=O)O)NC(=NCCCOc2cccc(C)c2)N(C)N1. The fourth-order valence-electron chi connectivity index (χ4n) is 2.43. The Bertz CT molecular complexity index is 607. The first kappa shape index (κ1) is 17.9. The van der Waals surface area contributed by atoms with Crippen LogP contribution in [0.2, 0.25) is 0 Å².